The van der Waals surface area contributed by atoms with E-state index >= 15 is 0 Å². The van der Waals surface area contributed by atoms with Crippen molar-refractivity contribution < 1.29 is 19.1 Å². The number of hydrogen-bond acceptors (Lipinski definition) is 8. The molecule has 9 nitrogen and oxygen atoms in total. The zero-order chi connectivity index (χ0) is 29.3. The Labute approximate surface area is 249 Å². The topological polar surface area (TPSA) is 106 Å². The van der Waals surface area contributed by atoms with E-state index in [-0.39, 0.29) is 23.7 Å². The number of hydrogen-bond donors (Lipinski definition) is 2. The van der Waals surface area contributed by atoms with Crippen LogP contribution in [-0.4, -0.2) is 66.5 Å². The van der Waals surface area contributed by atoms with Crippen molar-refractivity contribution in [2.45, 2.75) is 32.2 Å². The lowest BCUT2D eigenvalue weighted by atomic mass is 9.97. The van der Waals surface area contributed by atoms with Gasteiger partial charge in [-0.25, -0.2) is 9.97 Å². The summed E-state index contributed by atoms with van der Waals surface area (Å²) in [6.07, 6.45) is 5.78. The molecule has 41 heavy (non-hydrogen) atoms. The standard InChI is InChI=1S/C30H33Cl2N5O4/c1-5-20(39)8-19-14-37(16(2)38)15-23(19)35-26-10-21-18(13-33-26)9-22(36-30(21)34-12-17-6-7-17)27-28(31)24(40-3)11-25(41-4)29(27)32/h5,9-11,13,17,19,23H,1,6-8,12,14-15H2,2-4H3,(H,33,35)(H,34,36)/t19-,23+/m0/s1. The minimum Gasteiger partial charge on any atom is -0.495 e. The Kier molecular flexibility index (Phi) is 8.56. The summed E-state index contributed by atoms with van der Waals surface area (Å²) < 4.78 is 10.9. The number of aromatic nitrogens is 2. The molecule has 5 rings (SSSR count). The van der Waals surface area contributed by atoms with E-state index in [1.807, 2.05) is 12.1 Å². The molecular formula is C30H33Cl2N5O4. The molecule has 0 bridgehead atoms. The van der Waals surface area contributed by atoms with Crippen LogP contribution in [0, 0.1) is 11.8 Å². The van der Waals surface area contributed by atoms with Crippen LogP contribution in [0.25, 0.3) is 22.0 Å². The van der Waals surface area contributed by atoms with Crippen molar-refractivity contribution in [1.29, 1.82) is 0 Å². The van der Waals surface area contributed by atoms with E-state index in [4.69, 9.17) is 37.7 Å². The minimum absolute atomic E-state index is 0.0217. The zero-order valence-electron chi connectivity index (χ0n) is 23.3. The fourth-order valence-electron chi connectivity index (χ4n) is 5.19. The van der Waals surface area contributed by atoms with Crippen LogP contribution < -0.4 is 20.1 Å². The molecule has 1 aliphatic heterocycles. The van der Waals surface area contributed by atoms with Crippen LogP contribution >= 0.6 is 23.2 Å². The third-order valence-corrected chi connectivity index (χ3v) is 8.46. The number of benzene rings is 1. The van der Waals surface area contributed by atoms with Crippen molar-refractivity contribution >= 4 is 57.3 Å². The molecule has 1 amide bonds. The minimum atomic E-state index is -0.135. The molecule has 3 aromatic rings. The van der Waals surface area contributed by atoms with E-state index < -0.39 is 0 Å². The predicted octanol–water partition coefficient (Wildman–Crippen LogP) is 5.85. The number of allylic oxidation sites excluding steroid dienone is 1. The van der Waals surface area contributed by atoms with Crippen molar-refractivity contribution in [3.05, 3.63) is 47.1 Å². The average Bonchev–Trinajstić information content (AvgIpc) is 3.71. The number of pyridine rings is 2. The van der Waals surface area contributed by atoms with Gasteiger partial charge in [0.25, 0.3) is 0 Å². The molecule has 2 fully saturated rings. The summed E-state index contributed by atoms with van der Waals surface area (Å²) in [5.41, 5.74) is 1.06. The monoisotopic (exact) mass is 597 g/mol. The highest BCUT2D eigenvalue weighted by molar-refractivity contribution is 6.41. The Morgan fingerprint density at radius 3 is 2.44 bits per heavy atom. The molecule has 2 aliphatic rings. The van der Waals surface area contributed by atoms with Gasteiger partial charge in [0.2, 0.25) is 5.91 Å². The number of fused-ring (bicyclic) bond motifs is 1. The lowest BCUT2D eigenvalue weighted by Gasteiger charge is -2.20. The average molecular weight is 599 g/mol. The number of ketones is 1. The second-order valence-corrected chi connectivity index (χ2v) is 11.3. The number of ether oxygens (including phenoxy) is 2. The summed E-state index contributed by atoms with van der Waals surface area (Å²) in [6.45, 7) is 6.92. The van der Waals surface area contributed by atoms with Crippen molar-refractivity contribution in [1.82, 2.24) is 14.9 Å². The van der Waals surface area contributed by atoms with Gasteiger partial charge in [-0.2, -0.15) is 0 Å². The van der Waals surface area contributed by atoms with Crippen LogP contribution in [0.5, 0.6) is 11.5 Å². The number of likely N-dealkylation sites (tertiary alicyclic amines) is 1. The normalized spacial score (nSPS) is 18.3. The maximum absolute atomic E-state index is 12.2. The Hall–Kier alpha value is -3.56. The van der Waals surface area contributed by atoms with Gasteiger partial charge in [0.1, 0.15) is 23.1 Å². The summed E-state index contributed by atoms with van der Waals surface area (Å²) >= 11 is 13.4. The van der Waals surface area contributed by atoms with E-state index in [9.17, 15) is 9.59 Å². The van der Waals surface area contributed by atoms with Gasteiger partial charge >= 0.3 is 0 Å². The van der Waals surface area contributed by atoms with Gasteiger partial charge in [0.05, 0.1) is 36.0 Å². The summed E-state index contributed by atoms with van der Waals surface area (Å²) in [6, 6.07) is 5.34. The molecular weight excluding hydrogens is 565 g/mol. The van der Waals surface area contributed by atoms with Gasteiger partial charge in [-0.15, -0.1) is 0 Å². The number of carbonyl (C=O) groups is 2. The highest BCUT2D eigenvalue weighted by Crippen LogP contribution is 2.46. The van der Waals surface area contributed by atoms with Gasteiger partial charge in [0, 0.05) is 67.5 Å². The van der Waals surface area contributed by atoms with Crippen LogP contribution in [0.2, 0.25) is 10.0 Å². The quantitative estimate of drug-likeness (QED) is 0.265. The van der Waals surface area contributed by atoms with E-state index in [0.717, 1.165) is 17.3 Å². The molecule has 3 heterocycles. The van der Waals surface area contributed by atoms with Crippen LogP contribution in [0.3, 0.4) is 0 Å². The molecule has 1 saturated carbocycles. The number of amides is 1. The maximum atomic E-state index is 12.2. The van der Waals surface area contributed by atoms with Gasteiger partial charge in [0.15, 0.2) is 5.78 Å². The van der Waals surface area contributed by atoms with Gasteiger partial charge in [-0.1, -0.05) is 29.8 Å². The fourth-order valence-corrected chi connectivity index (χ4v) is 5.89. The first-order valence-corrected chi connectivity index (χ1v) is 14.3. The number of halogens is 2. The highest BCUT2D eigenvalue weighted by Gasteiger charge is 2.35. The number of nitrogens with one attached hydrogen (secondary N) is 2. The molecule has 0 radical (unpaired) electrons. The molecule has 2 atom stereocenters. The van der Waals surface area contributed by atoms with Crippen LogP contribution in [-0.2, 0) is 9.59 Å². The molecule has 1 aromatic carbocycles. The van der Waals surface area contributed by atoms with Crippen LogP contribution in [0.4, 0.5) is 11.6 Å². The predicted molar refractivity (Wildman–Crippen MR) is 162 cm³/mol. The van der Waals surface area contributed by atoms with E-state index in [2.05, 4.69) is 22.2 Å². The SMILES string of the molecule is C=CC(=O)C[C@H]1CN(C(C)=O)C[C@H]1Nc1cc2c(NCC3CC3)nc(-c3c(Cl)c(OC)cc(OC)c3Cl)cc2cn1. The Balaban J connectivity index is 1.54. The third kappa shape index (κ3) is 6.21. The molecule has 11 heteroatoms. The molecule has 1 saturated heterocycles. The largest absolute Gasteiger partial charge is 0.495 e. The summed E-state index contributed by atoms with van der Waals surface area (Å²) in [5, 5.41) is 9.37. The number of anilines is 2. The van der Waals surface area contributed by atoms with Gasteiger partial charge in [-0.05, 0) is 37.0 Å². The number of methoxy groups -OCH3 is 2. The summed E-state index contributed by atoms with van der Waals surface area (Å²) in [4.78, 5) is 35.7. The van der Waals surface area contributed by atoms with E-state index in [1.165, 1.54) is 33.1 Å². The molecule has 216 valence electrons. The van der Waals surface area contributed by atoms with Crippen molar-refractivity contribution in [2.24, 2.45) is 11.8 Å². The molecule has 0 spiro atoms. The number of nitrogens with zero attached hydrogens (tertiary/aromatic N) is 3. The second kappa shape index (κ2) is 12.1. The Morgan fingerprint density at radius 2 is 1.83 bits per heavy atom. The van der Waals surface area contributed by atoms with Gasteiger partial charge < -0.3 is 25.0 Å². The van der Waals surface area contributed by atoms with Crippen molar-refractivity contribution in [3.63, 3.8) is 0 Å². The second-order valence-electron chi connectivity index (χ2n) is 10.6. The van der Waals surface area contributed by atoms with Crippen molar-refractivity contribution in [3.8, 4) is 22.8 Å². The molecule has 0 unspecified atom stereocenters. The first kappa shape index (κ1) is 29.0. The Bertz CT molecular complexity index is 1480. The summed E-state index contributed by atoms with van der Waals surface area (Å²) in [7, 11) is 3.07. The third-order valence-electron chi connectivity index (χ3n) is 7.71. The lowest BCUT2D eigenvalue weighted by molar-refractivity contribution is -0.128. The van der Waals surface area contributed by atoms with E-state index in [0.29, 0.717) is 69.9 Å². The summed E-state index contributed by atoms with van der Waals surface area (Å²) in [5.74, 6) is 2.65. The van der Waals surface area contributed by atoms with Crippen LogP contribution in [0.15, 0.2) is 37.1 Å². The molecule has 2 aromatic heterocycles. The molecule has 2 N–H and O–H groups in total. The maximum Gasteiger partial charge on any atom is 0.219 e. The number of rotatable bonds is 11. The van der Waals surface area contributed by atoms with Gasteiger partial charge in [-0.3, -0.25) is 9.59 Å². The Morgan fingerprint density at radius 1 is 1.12 bits per heavy atom. The van der Waals surface area contributed by atoms with Crippen molar-refractivity contribution in [2.75, 3.05) is 44.5 Å². The fraction of sp³-hybridized carbons (Fsp3) is 0.400. The zero-order valence-corrected chi connectivity index (χ0v) is 24.8. The first-order chi connectivity index (χ1) is 19.7. The number of carbonyl (C=O) groups excluding carboxylic acids is 2. The smallest absolute Gasteiger partial charge is 0.219 e. The molecule has 1 aliphatic carbocycles. The first-order valence-electron chi connectivity index (χ1n) is 13.5. The highest BCUT2D eigenvalue weighted by atomic mass is 35.5. The van der Waals surface area contributed by atoms with E-state index in [1.54, 1.807) is 24.1 Å². The lowest BCUT2D eigenvalue weighted by Crippen LogP contribution is -2.31. The van der Waals surface area contributed by atoms with Crippen LogP contribution in [0.1, 0.15) is 26.2 Å².